The summed E-state index contributed by atoms with van der Waals surface area (Å²) in [6.07, 6.45) is -9.42. The van der Waals surface area contributed by atoms with Gasteiger partial charge in [0.25, 0.3) is 0 Å². The summed E-state index contributed by atoms with van der Waals surface area (Å²) >= 11 is 0. The van der Waals surface area contributed by atoms with Crippen LogP contribution in [0.3, 0.4) is 0 Å². The Balaban J connectivity index is 1.64. The van der Waals surface area contributed by atoms with Crippen molar-refractivity contribution in [3.63, 3.8) is 0 Å². The molecule has 36 heavy (non-hydrogen) atoms. The summed E-state index contributed by atoms with van der Waals surface area (Å²) in [6.45, 7) is 1.20. The fourth-order valence-electron chi connectivity index (χ4n) is 3.19. The smallest absolute Gasteiger partial charge is 0.494 e. The number of alkyl halides is 6. The zero-order valence-corrected chi connectivity index (χ0v) is 18.8. The van der Waals surface area contributed by atoms with Crippen molar-refractivity contribution in [2.45, 2.75) is 32.0 Å². The summed E-state index contributed by atoms with van der Waals surface area (Å²) in [7, 11) is 0. The van der Waals surface area contributed by atoms with Crippen molar-refractivity contribution >= 4 is 0 Å². The lowest BCUT2D eigenvalue weighted by molar-refractivity contribution is -0.274. The zero-order chi connectivity index (χ0) is 26.3. The molecule has 0 N–H and O–H groups in total. The number of rotatable bonds is 10. The summed E-state index contributed by atoms with van der Waals surface area (Å²) < 4.78 is 111. The molecule has 0 aromatic heterocycles. The zero-order valence-electron chi connectivity index (χ0n) is 18.8. The molecule has 0 saturated heterocycles. The Kier molecular flexibility index (Phi) is 8.67. The maximum atomic E-state index is 14.2. The third-order valence-corrected chi connectivity index (χ3v) is 4.82. The molecule has 3 aromatic carbocycles. The number of hydrogen-bond acceptors (Lipinski definition) is 4. The van der Waals surface area contributed by atoms with E-state index in [9.17, 15) is 30.7 Å². The molecule has 1 unspecified atom stereocenters. The average Bonchev–Trinajstić information content (AvgIpc) is 2.79. The fraction of sp³-hybridized carbons (Fsp3) is 0.280. The van der Waals surface area contributed by atoms with Crippen LogP contribution in [-0.4, -0.2) is 25.8 Å². The van der Waals surface area contributed by atoms with E-state index in [0.717, 1.165) is 30.3 Å². The maximum absolute atomic E-state index is 14.2. The van der Waals surface area contributed by atoms with Gasteiger partial charge in [-0.1, -0.05) is 18.2 Å². The summed E-state index contributed by atoms with van der Waals surface area (Å²) in [4.78, 5) is 0. The van der Waals surface area contributed by atoms with Gasteiger partial charge in [-0.15, -0.1) is 13.2 Å². The molecule has 1 atom stereocenters. The van der Waals surface area contributed by atoms with Crippen molar-refractivity contribution in [1.29, 1.82) is 0 Å². The summed E-state index contributed by atoms with van der Waals surface area (Å²) in [5, 5.41) is 0. The largest absolute Gasteiger partial charge is 0.573 e. The van der Waals surface area contributed by atoms with Crippen LogP contribution in [-0.2, 0) is 11.3 Å². The molecule has 0 heterocycles. The van der Waals surface area contributed by atoms with Crippen molar-refractivity contribution in [3.05, 3.63) is 83.7 Å². The van der Waals surface area contributed by atoms with Crippen LogP contribution in [0.5, 0.6) is 23.0 Å². The normalized spacial score (nSPS) is 12.8. The first-order valence-corrected chi connectivity index (χ1v) is 10.6. The Hall–Kier alpha value is -3.47. The highest BCUT2D eigenvalue weighted by Crippen LogP contribution is 2.36. The molecule has 0 aliphatic carbocycles. The van der Waals surface area contributed by atoms with Crippen molar-refractivity contribution in [1.82, 2.24) is 0 Å². The van der Waals surface area contributed by atoms with Gasteiger partial charge in [-0.25, -0.2) is 4.39 Å². The lowest BCUT2D eigenvalue weighted by atomic mass is 9.99. The van der Waals surface area contributed by atoms with Crippen LogP contribution in [0, 0.1) is 5.82 Å². The first-order chi connectivity index (χ1) is 16.9. The highest BCUT2D eigenvalue weighted by atomic mass is 19.4. The summed E-state index contributed by atoms with van der Waals surface area (Å²) in [6, 6.07) is 13.4. The summed E-state index contributed by atoms with van der Waals surface area (Å²) in [5.74, 6) is -2.96. The number of halogens is 7. The van der Waals surface area contributed by atoms with E-state index in [1.54, 1.807) is 6.92 Å². The molecule has 0 saturated carbocycles. The number of ether oxygens (including phenoxy) is 4. The third kappa shape index (κ3) is 8.04. The number of hydrogen-bond donors (Lipinski definition) is 0. The van der Waals surface area contributed by atoms with Gasteiger partial charge in [0.2, 0.25) is 0 Å². The Labute approximate surface area is 202 Å². The van der Waals surface area contributed by atoms with Crippen LogP contribution in [0.1, 0.15) is 24.0 Å². The van der Waals surface area contributed by atoms with Crippen LogP contribution < -0.4 is 14.2 Å². The van der Waals surface area contributed by atoms with Gasteiger partial charge < -0.3 is 18.9 Å². The highest BCUT2D eigenvalue weighted by molar-refractivity contribution is 5.37. The molecule has 0 radical (unpaired) electrons. The van der Waals surface area contributed by atoms with Crippen LogP contribution in [0.25, 0.3) is 0 Å². The van der Waals surface area contributed by atoms with E-state index in [1.165, 1.54) is 36.4 Å². The van der Waals surface area contributed by atoms with Crippen molar-refractivity contribution in [2.24, 2.45) is 0 Å². The van der Waals surface area contributed by atoms with Crippen molar-refractivity contribution in [3.8, 4) is 23.0 Å². The van der Waals surface area contributed by atoms with Crippen LogP contribution in [0.15, 0.2) is 66.7 Å². The molecule has 0 aliphatic heterocycles. The molecule has 0 fully saturated rings. The Bertz CT molecular complexity index is 1110. The quantitative estimate of drug-likeness (QED) is 0.257. The molecule has 3 rings (SSSR count). The SMILES string of the molecule is CCOc1ccc(C(COCc2ccc(F)c(Oc3ccc(OC(F)(F)F)cc3)c2)C(F)(F)F)cc1. The first-order valence-electron chi connectivity index (χ1n) is 10.6. The molecule has 194 valence electrons. The van der Waals surface area contributed by atoms with E-state index in [4.69, 9.17) is 14.2 Å². The monoisotopic (exact) mass is 518 g/mol. The fourth-order valence-corrected chi connectivity index (χ4v) is 3.19. The van der Waals surface area contributed by atoms with Crippen LogP contribution >= 0.6 is 0 Å². The topological polar surface area (TPSA) is 36.9 Å². The van der Waals surface area contributed by atoms with E-state index < -0.39 is 36.6 Å². The summed E-state index contributed by atoms with van der Waals surface area (Å²) in [5.41, 5.74) is 0.336. The molecule has 0 spiro atoms. The van der Waals surface area contributed by atoms with Gasteiger partial charge in [0.1, 0.15) is 23.2 Å². The van der Waals surface area contributed by atoms with Crippen molar-refractivity contribution in [2.75, 3.05) is 13.2 Å². The second kappa shape index (κ2) is 11.5. The predicted octanol–water partition coefficient (Wildman–Crippen LogP) is 7.78. The average molecular weight is 518 g/mol. The lowest BCUT2D eigenvalue weighted by Crippen LogP contribution is -2.25. The molecule has 0 amide bonds. The molecular formula is C25H21F7O4. The van der Waals surface area contributed by atoms with Gasteiger partial charge >= 0.3 is 12.5 Å². The Morgan fingerprint density at radius 2 is 1.39 bits per heavy atom. The molecule has 4 nitrogen and oxygen atoms in total. The van der Waals surface area contributed by atoms with Gasteiger partial charge in [0.05, 0.1) is 19.8 Å². The molecule has 0 bridgehead atoms. The molecular weight excluding hydrogens is 497 g/mol. The van der Waals surface area contributed by atoms with Gasteiger partial charge in [-0.2, -0.15) is 13.2 Å². The maximum Gasteiger partial charge on any atom is 0.573 e. The van der Waals surface area contributed by atoms with Gasteiger partial charge in [0, 0.05) is 0 Å². The minimum Gasteiger partial charge on any atom is -0.494 e. The molecule has 0 aliphatic rings. The highest BCUT2D eigenvalue weighted by Gasteiger charge is 2.41. The Morgan fingerprint density at radius 1 is 0.778 bits per heavy atom. The van der Waals surface area contributed by atoms with Crippen LogP contribution in [0.2, 0.25) is 0 Å². The lowest BCUT2D eigenvalue weighted by Gasteiger charge is -2.21. The van der Waals surface area contributed by atoms with E-state index >= 15 is 0 Å². The van der Waals surface area contributed by atoms with E-state index in [0.29, 0.717) is 17.9 Å². The molecule has 3 aromatic rings. The minimum atomic E-state index is -4.86. The molecule has 11 heteroatoms. The van der Waals surface area contributed by atoms with Gasteiger partial charge in [-0.05, 0) is 66.6 Å². The second-order valence-electron chi connectivity index (χ2n) is 7.50. The van der Waals surface area contributed by atoms with E-state index in [-0.39, 0.29) is 23.7 Å². The Morgan fingerprint density at radius 3 is 1.97 bits per heavy atom. The third-order valence-electron chi connectivity index (χ3n) is 4.82. The van der Waals surface area contributed by atoms with Gasteiger partial charge in [0.15, 0.2) is 11.6 Å². The van der Waals surface area contributed by atoms with Gasteiger partial charge in [-0.3, -0.25) is 0 Å². The number of benzene rings is 3. The minimum absolute atomic E-state index is 0.00651. The second-order valence-corrected chi connectivity index (χ2v) is 7.50. The standard InChI is InChI=1S/C25H21F7O4/c1-2-34-18-6-4-17(5-7-18)21(24(27,28)29)15-33-14-16-3-12-22(26)23(13-16)35-19-8-10-20(11-9-19)36-25(30,31)32/h3-13,21H,2,14-15H2,1H3. The first kappa shape index (κ1) is 27.1. The van der Waals surface area contributed by atoms with Crippen LogP contribution in [0.4, 0.5) is 30.7 Å². The van der Waals surface area contributed by atoms with E-state index in [1.807, 2.05) is 0 Å². The van der Waals surface area contributed by atoms with Crippen molar-refractivity contribution < 1.29 is 49.7 Å². The van der Waals surface area contributed by atoms with E-state index in [2.05, 4.69) is 4.74 Å². The predicted molar refractivity (Wildman–Crippen MR) is 116 cm³/mol.